The normalized spacial score (nSPS) is 25.9. The lowest BCUT2D eigenvalue weighted by molar-refractivity contribution is 0.0685. The molecule has 122 valence electrons. The summed E-state index contributed by atoms with van der Waals surface area (Å²) in [6.45, 7) is 0.551. The van der Waals surface area contributed by atoms with Crippen LogP contribution in [0.1, 0.15) is 36.2 Å². The highest BCUT2D eigenvalue weighted by atomic mass is 32.2. The van der Waals surface area contributed by atoms with Crippen LogP contribution in [0.5, 0.6) is 0 Å². The number of nitrogens with one attached hydrogen (secondary N) is 1. The van der Waals surface area contributed by atoms with Gasteiger partial charge in [-0.05, 0) is 31.2 Å². The monoisotopic (exact) mass is 334 g/mol. The first kappa shape index (κ1) is 14.6. The second kappa shape index (κ2) is 4.99. The molecule has 4 bridgehead atoms. The van der Waals surface area contributed by atoms with Gasteiger partial charge in [0.15, 0.2) is 5.69 Å². The third-order valence-corrected chi connectivity index (χ3v) is 6.83. The number of carboxylic acid groups (broad SMARTS) is 1. The minimum atomic E-state index is -3.58. The summed E-state index contributed by atoms with van der Waals surface area (Å²) in [5.74, 6) is -0.916. The fourth-order valence-corrected chi connectivity index (χ4v) is 5.65. The molecule has 0 spiro atoms. The van der Waals surface area contributed by atoms with Crippen LogP contribution < -0.4 is 4.72 Å². The number of nitrogens with zero attached hydrogens (tertiary/aromatic N) is 1. The zero-order chi connectivity index (χ0) is 16.2. The van der Waals surface area contributed by atoms with E-state index in [9.17, 15) is 18.3 Å². The van der Waals surface area contributed by atoms with E-state index >= 15 is 0 Å². The van der Waals surface area contributed by atoms with E-state index in [2.05, 4.69) is 4.72 Å². The van der Waals surface area contributed by atoms with Crippen LogP contribution in [0.4, 0.5) is 5.69 Å². The Morgan fingerprint density at radius 2 is 2.04 bits per heavy atom. The number of fused-ring (bicyclic) bond motifs is 7. The van der Waals surface area contributed by atoms with Crippen molar-refractivity contribution in [2.24, 2.45) is 5.92 Å². The molecule has 0 saturated heterocycles. The van der Waals surface area contributed by atoms with Gasteiger partial charge in [0.2, 0.25) is 10.0 Å². The Labute approximate surface area is 134 Å². The lowest BCUT2D eigenvalue weighted by atomic mass is 9.88. The number of hydrogen-bond acceptors (Lipinski definition) is 3. The van der Waals surface area contributed by atoms with E-state index in [1.54, 1.807) is 16.7 Å². The van der Waals surface area contributed by atoms with Crippen molar-refractivity contribution in [3.63, 3.8) is 0 Å². The van der Waals surface area contributed by atoms with E-state index in [4.69, 9.17) is 0 Å². The number of benzene rings is 1. The van der Waals surface area contributed by atoms with Crippen LogP contribution in [0.2, 0.25) is 0 Å². The number of hydrogen-bond donors (Lipinski definition) is 2. The molecule has 1 aromatic heterocycles. The Morgan fingerprint density at radius 1 is 1.26 bits per heavy atom. The van der Waals surface area contributed by atoms with Crippen LogP contribution in [0.25, 0.3) is 10.9 Å². The summed E-state index contributed by atoms with van der Waals surface area (Å²) in [6.07, 6.45) is 3.04. The van der Waals surface area contributed by atoms with Crippen molar-refractivity contribution in [3.05, 3.63) is 30.0 Å². The van der Waals surface area contributed by atoms with Gasteiger partial charge in [-0.1, -0.05) is 24.6 Å². The molecule has 2 aliphatic rings. The van der Waals surface area contributed by atoms with Gasteiger partial charge in [-0.3, -0.25) is 4.72 Å². The molecule has 1 aliphatic heterocycles. The van der Waals surface area contributed by atoms with Crippen molar-refractivity contribution in [2.45, 2.75) is 37.5 Å². The molecule has 0 amide bonds. The molecule has 1 aromatic carbocycles. The lowest BCUT2D eigenvalue weighted by Gasteiger charge is -2.29. The molecule has 7 heteroatoms. The van der Waals surface area contributed by atoms with Gasteiger partial charge < -0.3 is 9.67 Å². The third kappa shape index (κ3) is 2.22. The number of para-hydroxylation sites is 1. The van der Waals surface area contributed by atoms with Crippen molar-refractivity contribution in [3.8, 4) is 0 Å². The van der Waals surface area contributed by atoms with Gasteiger partial charge in [-0.15, -0.1) is 0 Å². The molecule has 2 atom stereocenters. The molecule has 2 aromatic rings. The van der Waals surface area contributed by atoms with Gasteiger partial charge in [0.1, 0.15) is 0 Å². The van der Waals surface area contributed by atoms with E-state index in [0.717, 1.165) is 18.4 Å². The van der Waals surface area contributed by atoms with E-state index in [1.807, 2.05) is 12.1 Å². The highest BCUT2D eigenvalue weighted by Crippen LogP contribution is 2.39. The second-order valence-electron chi connectivity index (χ2n) is 6.46. The van der Waals surface area contributed by atoms with Crippen LogP contribution in [-0.2, 0) is 16.6 Å². The molecule has 23 heavy (non-hydrogen) atoms. The number of aromatic nitrogens is 1. The molecule has 4 rings (SSSR count). The Kier molecular flexibility index (Phi) is 3.16. The number of rotatable bonds is 1. The summed E-state index contributed by atoms with van der Waals surface area (Å²) in [6, 6.07) is 7.26. The topological polar surface area (TPSA) is 88.4 Å². The predicted octanol–water partition coefficient (Wildman–Crippen LogP) is 2.65. The van der Waals surface area contributed by atoms with Crippen molar-refractivity contribution < 1.29 is 18.3 Å². The first-order valence-electron chi connectivity index (χ1n) is 7.83. The molecule has 1 fully saturated rings. The molecular weight excluding hydrogens is 316 g/mol. The summed E-state index contributed by atoms with van der Waals surface area (Å²) in [5.41, 5.74) is 1.02. The molecule has 1 saturated carbocycles. The summed E-state index contributed by atoms with van der Waals surface area (Å²) in [7, 11) is -3.58. The largest absolute Gasteiger partial charge is 0.477 e. The average molecular weight is 334 g/mol. The zero-order valence-corrected chi connectivity index (χ0v) is 13.3. The SMILES string of the molecule is O=C(O)c1c2c3ccccc3n1CC1CCCC(C1)S(=O)(=O)N2. The molecule has 0 radical (unpaired) electrons. The standard InChI is InChI=1S/C16H18N2O4S/c19-16(20)15-14-12-6-1-2-7-13(12)18(15)9-10-4-3-5-11(8-10)23(21,22)17-14/h1-2,6-7,10-11,17H,3-5,8-9H2,(H,19,20). The molecular formula is C16H18N2O4S. The Morgan fingerprint density at radius 3 is 2.83 bits per heavy atom. The van der Waals surface area contributed by atoms with Crippen LogP contribution in [0.15, 0.2) is 24.3 Å². The number of aromatic carboxylic acids is 1. The van der Waals surface area contributed by atoms with E-state index < -0.39 is 21.2 Å². The van der Waals surface area contributed by atoms with Crippen LogP contribution >= 0.6 is 0 Å². The van der Waals surface area contributed by atoms with Crippen LogP contribution in [0.3, 0.4) is 0 Å². The molecule has 2 N–H and O–H groups in total. The van der Waals surface area contributed by atoms with E-state index in [0.29, 0.717) is 24.8 Å². The summed E-state index contributed by atoms with van der Waals surface area (Å²) in [5, 5.41) is 9.89. The molecule has 6 nitrogen and oxygen atoms in total. The lowest BCUT2D eigenvalue weighted by Crippen LogP contribution is -2.33. The Balaban J connectivity index is 2.04. The van der Waals surface area contributed by atoms with Gasteiger partial charge in [0.25, 0.3) is 0 Å². The second-order valence-corrected chi connectivity index (χ2v) is 8.42. The van der Waals surface area contributed by atoms with Crippen molar-refractivity contribution in [1.29, 1.82) is 0 Å². The maximum Gasteiger partial charge on any atom is 0.354 e. The zero-order valence-electron chi connectivity index (χ0n) is 12.5. The fourth-order valence-electron chi connectivity index (χ4n) is 3.99. The number of carbonyl (C=O) groups is 1. The smallest absolute Gasteiger partial charge is 0.354 e. The van der Waals surface area contributed by atoms with Crippen LogP contribution in [-0.4, -0.2) is 29.3 Å². The first-order chi connectivity index (χ1) is 11.0. The summed E-state index contributed by atoms with van der Waals surface area (Å²) >= 11 is 0. The minimum absolute atomic E-state index is 0.0438. The fraction of sp³-hybridized carbons (Fsp3) is 0.438. The van der Waals surface area contributed by atoms with Gasteiger partial charge in [-0.25, -0.2) is 13.2 Å². The number of carboxylic acids is 1. The highest BCUT2D eigenvalue weighted by Gasteiger charge is 2.37. The van der Waals surface area contributed by atoms with Crippen molar-refractivity contribution in [1.82, 2.24) is 4.57 Å². The maximum absolute atomic E-state index is 12.7. The first-order valence-corrected chi connectivity index (χ1v) is 9.38. The molecule has 2 unspecified atom stereocenters. The molecule has 2 heterocycles. The van der Waals surface area contributed by atoms with Gasteiger partial charge >= 0.3 is 5.97 Å². The maximum atomic E-state index is 12.7. The Hall–Kier alpha value is -2.02. The van der Waals surface area contributed by atoms with Crippen LogP contribution in [0, 0.1) is 5.92 Å². The number of anilines is 1. The van der Waals surface area contributed by atoms with E-state index in [1.165, 1.54) is 0 Å². The quantitative estimate of drug-likeness (QED) is 0.839. The highest BCUT2D eigenvalue weighted by molar-refractivity contribution is 7.93. The minimum Gasteiger partial charge on any atom is -0.477 e. The summed E-state index contributed by atoms with van der Waals surface area (Å²) in [4.78, 5) is 11.8. The van der Waals surface area contributed by atoms with Gasteiger partial charge in [0.05, 0.1) is 16.5 Å². The number of sulfonamides is 1. The Bertz CT molecular complexity index is 900. The molecule has 1 aliphatic carbocycles. The average Bonchev–Trinajstić information content (AvgIpc) is 2.82. The van der Waals surface area contributed by atoms with Crippen molar-refractivity contribution >= 4 is 32.6 Å². The van der Waals surface area contributed by atoms with Gasteiger partial charge in [0, 0.05) is 11.9 Å². The summed E-state index contributed by atoms with van der Waals surface area (Å²) < 4.78 is 29.8. The predicted molar refractivity (Wildman–Crippen MR) is 87.2 cm³/mol. The van der Waals surface area contributed by atoms with E-state index in [-0.39, 0.29) is 17.3 Å². The third-order valence-electron chi connectivity index (χ3n) is 5.03. The van der Waals surface area contributed by atoms with Crippen molar-refractivity contribution in [2.75, 3.05) is 4.72 Å². The van der Waals surface area contributed by atoms with Gasteiger partial charge in [-0.2, -0.15) is 0 Å².